The second-order valence-electron chi connectivity index (χ2n) is 6.43. The molecule has 27 heavy (non-hydrogen) atoms. The Morgan fingerprint density at radius 1 is 1.11 bits per heavy atom. The second kappa shape index (κ2) is 6.71. The number of halogens is 3. The van der Waals surface area contributed by atoms with E-state index in [-0.39, 0.29) is 5.65 Å². The molecule has 0 atom stereocenters. The largest absolute Gasteiger partial charge is 0.494 e. The van der Waals surface area contributed by atoms with Crippen molar-refractivity contribution >= 4 is 11.5 Å². The van der Waals surface area contributed by atoms with Crippen LogP contribution in [0, 0.1) is 0 Å². The van der Waals surface area contributed by atoms with E-state index < -0.39 is 12.0 Å². The summed E-state index contributed by atoms with van der Waals surface area (Å²) in [6, 6.07) is 9.15. The number of alkyl halides is 3. The van der Waals surface area contributed by atoms with Crippen LogP contribution in [-0.4, -0.2) is 33.0 Å². The zero-order valence-corrected chi connectivity index (χ0v) is 14.7. The minimum absolute atomic E-state index is 0.0706. The minimum atomic E-state index is -4.60. The molecule has 0 saturated heterocycles. The standard InChI is InChI=1S/C18H18F3N5O/c1-2-9-27-14-4-3-13-11-25(8-7-12(13)10-14)16-6-5-15-22-23-17(18(19,20)21)26(15)24-16/h3-6,10H,2,7-9,11H2,1H3. The summed E-state index contributed by atoms with van der Waals surface area (Å²) < 4.78 is 45.6. The lowest BCUT2D eigenvalue weighted by molar-refractivity contribution is -0.146. The highest BCUT2D eigenvalue weighted by Gasteiger charge is 2.37. The van der Waals surface area contributed by atoms with E-state index in [9.17, 15) is 13.2 Å². The highest BCUT2D eigenvalue weighted by atomic mass is 19.4. The van der Waals surface area contributed by atoms with Crippen LogP contribution >= 0.6 is 0 Å². The van der Waals surface area contributed by atoms with Gasteiger partial charge >= 0.3 is 6.18 Å². The monoisotopic (exact) mass is 377 g/mol. The molecule has 3 heterocycles. The Morgan fingerprint density at radius 3 is 2.74 bits per heavy atom. The van der Waals surface area contributed by atoms with Crippen molar-refractivity contribution in [3.05, 3.63) is 47.3 Å². The Hall–Kier alpha value is -2.84. The van der Waals surface area contributed by atoms with Crippen molar-refractivity contribution in [1.82, 2.24) is 19.8 Å². The fourth-order valence-corrected chi connectivity index (χ4v) is 3.16. The van der Waals surface area contributed by atoms with Gasteiger partial charge in [-0.3, -0.25) is 0 Å². The molecule has 0 unspecified atom stereocenters. The molecule has 1 aliphatic heterocycles. The number of hydrogen-bond donors (Lipinski definition) is 0. The predicted octanol–water partition coefficient (Wildman–Crippen LogP) is 3.49. The van der Waals surface area contributed by atoms with Crippen LogP contribution in [0.25, 0.3) is 5.65 Å². The topological polar surface area (TPSA) is 55.5 Å². The van der Waals surface area contributed by atoms with E-state index in [0.717, 1.165) is 28.7 Å². The number of benzene rings is 1. The first-order valence-electron chi connectivity index (χ1n) is 8.75. The van der Waals surface area contributed by atoms with Crippen molar-refractivity contribution in [2.45, 2.75) is 32.5 Å². The highest BCUT2D eigenvalue weighted by molar-refractivity contribution is 5.49. The van der Waals surface area contributed by atoms with E-state index in [1.165, 1.54) is 11.6 Å². The lowest BCUT2D eigenvalue weighted by Gasteiger charge is -2.30. The minimum Gasteiger partial charge on any atom is -0.494 e. The molecular formula is C18H18F3N5O. The molecule has 6 nitrogen and oxygen atoms in total. The van der Waals surface area contributed by atoms with Crippen molar-refractivity contribution in [2.75, 3.05) is 18.1 Å². The van der Waals surface area contributed by atoms with Gasteiger partial charge in [0.2, 0.25) is 0 Å². The summed E-state index contributed by atoms with van der Waals surface area (Å²) in [5.41, 5.74) is 2.38. The van der Waals surface area contributed by atoms with E-state index >= 15 is 0 Å². The number of fused-ring (bicyclic) bond motifs is 2. The fraction of sp³-hybridized carbons (Fsp3) is 0.389. The van der Waals surface area contributed by atoms with E-state index in [2.05, 4.69) is 22.2 Å². The van der Waals surface area contributed by atoms with Crippen LogP contribution in [0.15, 0.2) is 30.3 Å². The number of ether oxygens (including phenoxy) is 1. The third kappa shape index (κ3) is 3.41. The zero-order chi connectivity index (χ0) is 19.0. The molecule has 0 bridgehead atoms. The van der Waals surface area contributed by atoms with E-state index in [0.29, 0.717) is 25.5 Å². The molecule has 0 aliphatic carbocycles. The molecule has 1 aromatic carbocycles. The lowest BCUT2D eigenvalue weighted by Crippen LogP contribution is -2.31. The summed E-state index contributed by atoms with van der Waals surface area (Å²) in [5.74, 6) is 0.196. The molecule has 0 saturated carbocycles. The first-order chi connectivity index (χ1) is 13.0. The van der Waals surface area contributed by atoms with Gasteiger partial charge < -0.3 is 9.64 Å². The maximum atomic E-state index is 13.1. The molecule has 2 aromatic heterocycles. The highest BCUT2D eigenvalue weighted by Crippen LogP contribution is 2.29. The van der Waals surface area contributed by atoms with Crippen molar-refractivity contribution in [3.8, 4) is 5.75 Å². The van der Waals surface area contributed by atoms with Crippen molar-refractivity contribution < 1.29 is 17.9 Å². The summed E-state index contributed by atoms with van der Waals surface area (Å²) in [4.78, 5) is 1.95. The Balaban J connectivity index is 1.60. The summed E-state index contributed by atoms with van der Waals surface area (Å²) in [7, 11) is 0. The summed E-state index contributed by atoms with van der Waals surface area (Å²) >= 11 is 0. The molecule has 142 valence electrons. The van der Waals surface area contributed by atoms with Crippen LogP contribution in [0.2, 0.25) is 0 Å². The Morgan fingerprint density at radius 2 is 1.96 bits per heavy atom. The van der Waals surface area contributed by atoms with Gasteiger partial charge in [0.15, 0.2) is 5.65 Å². The summed E-state index contributed by atoms with van der Waals surface area (Å²) in [5, 5.41) is 10.9. The number of aromatic nitrogens is 4. The average molecular weight is 377 g/mol. The average Bonchev–Trinajstić information content (AvgIpc) is 3.09. The predicted molar refractivity (Wildman–Crippen MR) is 92.8 cm³/mol. The molecule has 3 aromatic rings. The van der Waals surface area contributed by atoms with Crippen LogP contribution in [0.3, 0.4) is 0 Å². The summed E-state index contributed by atoms with van der Waals surface area (Å²) in [6.07, 6.45) is -2.89. The smallest absolute Gasteiger partial charge is 0.453 e. The quantitative estimate of drug-likeness (QED) is 0.697. The number of rotatable bonds is 4. The normalized spacial score (nSPS) is 14.4. The van der Waals surface area contributed by atoms with Gasteiger partial charge in [-0.25, -0.2) is 0 Å². The van der Waals surface area contributed by atoms with Gasteiger partial charge in [-0.2, -0.15) is 17.7 Å². The van der Waals surface area contributed by atoms with Gasteiger partial charge in [0.05, 0.1) is 6.61 Å². The van der Waals surface area contributed by atoms with Crippen LogP contribution < -0.4 is 9.64 Å². The summed E-state index contributed by atoms with van der Waals surface area (Å²) in [6.45, 7) is 3.97. The van der Waals surface area contributed by atoms with Crippen molar-refractivity contribution in [2.24, 2.45) is 0 Å². The van der Waals surface area contributed by atoms with Gasteiger partial charge in [-0.15, -0.1) is 15.3 Å². The molecule has 9 heteroatoms. The molecule has 0 spiro atoms. The van der Waals surface area contributed by atoms with Gasteiger partial charge in [-0.1, -0.05) is 13.0 Å². The second-order valence-corrected chi connectivity index (χ2v) is 6.43. The van der Waals surface area contributed by atoms with E-state index in [4.69, 9.17) is 4.74 Å². The molecule has 1 aliphatic rings. The molecule has 0 N–H and O–H groups in total. The van der Waals surface area contributed by atoms with E-state index in [1.54, 1.807) is 6.07 Å². The SMILES string of the molecule is CCCOc1ccc2c(c1)CCN(c1ccc3nnc(C(F)(F)F)n3n1)C2. The maximum absolute atomic E-state index is 13.1. The lowest BCUT2D eigenvalue weighted by atomic mass is 9.99. The molecule has 0 amide bonds. The van der Waals surface area contributed by atoms with Crippen LogP contribution in [0.1, 0.15) is 30.3 Å². The van der Waals surface area contributed by atoms with Crippen LogP contribution in [0.4, 0.5) is 19.0 Å². The fourth-order valence-electron chi connectivity index (χ4n) is 3.16. The number of hydrogen-bond acceptors (Lipinski definition) is 5. The zero-order valence-electron chi connectivity index (χ0n) is 14.7. The number of nitrogens with zero attached hydrogens (tertiary/aromatic N) is 5. The molecule has 0 radical (unpaired) electrons. The third-order valence-corrected chi connectivity index (χ3v) is 4.49. The molecule has 0 fully saturated rings. The van der Waals surface area contributed by atoms with Crippen molar-refractivity contribution in [3.63, 3.8) is 0 Å². The number of anilines is 1. The van der Waals surface area contributed by atoms with Crippen molar-refractivity contribution in [1.29, 1.82) is 0 Å². The Kier molecular flexibility index (Phi) is 4.37. The first-order valence-corrected chi connectivity index (χ1v) is 8.75. The Labute approximate surface area is 153 Å². The van der Waals surface area contributed by atoms with Gasteiger partial charge in [-0.05, 0) is 48.2 Å². The van der Waals surface area contributed by atoms with E-state index in [1.807, 2.05) is 23.1 Å². The maximum Gasteiger partial charge on any atom is 0.453 e. The third-order valence-electron chi connectivity index (χ3n) is 4.49. The Bertz CT molecular complexity index is 969. The van der Waals surface area contributed by atoms with Crippen LogP contribution in [0.5, 0.6) is 5.75 Å². The van der Waals surface area contributed by atoms with Crippen LogP contribution in [-0.2, 0) is 19.1 Å². The molecular weight excluding hydrogens is 359 g/mol. The van der Waals surface area contributed by atoms with Gasteiger partial charge in [0.1, 0.15) is 11.6 Å². The van der Waals surface area contributed by atoms with Gasteiger partial charge in [0.25, 0.3) is 5.82 Å². The first kappa shape index (κ1) is 17.6. The van der Waals surface area contributed by atoms with Gasteiger partial charge in [0, 0.05) is 13.1 Å². The molecule has 4 rings (SSSR count).